The Morgan fingerprint density at radius 1 is 0.773 bits per heavy atom. The van der Waals surface area contributed by atoms with Crippen LogP contribution in [0.2, 0.25) is 0 Å². The Bertz CT molecular complexity index is 254. The van der Waals surface area contributed by atoms with Gasteiger partial charge in [-0.05, 0) is 34.1 Å². The molecule has 0 spiro atoms. The maximum atomic E-state index is 10.2. The van der Waals surface area contributed by atoms with Gasteiger partial charge < -0.3 is 15.3 Å². The van der Waals surface area contributed by atoms with Crippen LogP contribution in [0.15, 0.2) is 0 Å². The van der Waals surface area contributed by atoms with Crippen LogP contribution in [0, 0.1) is 0 Å². The first-order chi connectivity index (χ1) is 10.1. The molecule has 0 aromatic heterocycles. The predicted molar refractivity (Wildman–Crippen MR) is 92.5 cm³/mol. The van der Waals surface area contributed by atoms with Crippen LogP contribution in [0.3, 0.4) is 0 Å². The number of nitrogens with zero attached hydrogens (tertiary/aromatic N) is 1. The minimum absolute atomic E-state index is 0.281. The lowest BCUT2D eigenvalue weighted by atomic mass is 10.0. The van der Waals surface area contributed by atoms with Gasteiger partial charge in [-0.3, -0.25) is 0 Å². The molecule has 0 aromatic rings. The molecule has 22 heavy (non-hydrogen) atoms. The van der Waals surface area contributed by atoms with Crippen LogP contribution in [0.1, 0.15) is 92.4 Å². The molecular formula is C18H39NO3. The highest BCUT2D eigenvalue weighted by Gasteiger charge is 2.35. The van der Waals surface area contributed by atoms with E-state index in [2.05, 4.69) is 6.92 Å². The van der Waals surface area contributed by atoms with E-state index in [-0.39, 0.29) is 6.54 Å². The zero-order chi connectivity index (χ0) is 17.2. The second-order valence-electron chi connectivity index (χ2n) is 7.52. The molecule has 0 radical (unpaired) electrons. The van der Waals surface area contributed by atoms with Crippen molar-refractivity contribution in [3.8, 4) is 0 Å². The summed E-state index contributed by atoms with van der Waals surface area (Å²) >= 11 is 0. The molecule has 0 aliphatic carbocycles. The lowest BCUT2D eigenvalue weighted by molar-refractivity contribution is -0.209. The van der Waals surface area contributed by atoms with E-state index in [0.717, 1.165) is 19.3 Å². The van der Waals surface area contributed by atoms with Gasteiger partial charge in [-0.1, -0.05) is 58.3 Å². The summed E-state index contributed by atoms with van der Waals surface area (Å²) < 4.78 is 0. The van der Waals surface area contributed by atoms with Crippen LogP contribution in [-0.4, -0.2) is 44.3 Å². The van der Waals surface area contributed by atoms with Crippen molar-refractivity contribution < 1.29 is 15.3 Å². The largest absolute Gasteiger partial charge is 0.392 e. The summed E-state index contributed by atoms with van der Waals surface area (Å²) in [5.41, 5.74) is -2.31. The second kappa shape index (κ2) is 10.6. The fraction of sp³-hybridized carbons (Fsp3) is 1.00. The third-order valence-corrected chi connectivity index (χ3v) is 4.11. The summed E-state index contributed by atoms with van der Waals surface area (Å²) in [7, 11) is 0. The average Bonchev–Trinajstić information content (AvgIpc) is 2.36. The van der Waals surface area contributed by atoms with Crippen molar-refractivity contribution in [3.05, 3.63) is 0 Å². The van der Waals surface area contributed by atoms with Crippen LogP contribution < -0.4 is 0 Å². The Morgan fingerprint density at radius 2 is 1.18 bits per heavy atom. The van der Waals surface area contributed by atoms with E-state index < -0.39 is 17.6 Å². The van der Waals surface area contributed by atoms with Gasteiger partial charge in [0.15, 0.2) is 0 Å². The monoisotopic (exact) mass is 317 g/mol. The van der Waals surface area contributed by atoms with E-state index in [1.54, 1.807) is 27.7 Å². The van der Waals surface area contributed by atoms with Crippen LogP contribution in [0.4, 0.5) is 0 Å². The van der Waals surface area contributed by atoms with Gasteiger partial charge in [-0.15, -0.1) is 0 Å². The van der Waals surface area contributed by atoms with Gasteiger partial charge in [-0.2, -0.15) is 0 Å². The zero-order valence-corrected chi connectivity index (χ0v) is 15.4. The molecule has 0 amide bonds. The molecule has 4 nitrogen and oxygen atoms in total. The first-order valence-electron chi connectivity index (χ1n) is 8.99. The van der Waals surface area contributed by atoms with Gasteiger partial charge in [0.25, 0.3) is 0 Å². The molecule has 4 heteroatoms. The van der Waals surface area contributed by atoms with Crippen LogP contribution >= 0.6 is 0 Å². The van der Waals surface area contributed by atoms with Crippen molar-refractivity contribution in [1.29, 1.82) is 0 Å². The Balaban J connectivity index is 3.90. The molecule has 0 fully saturated rings. The topological polar surface area (TPSA) is 63.9 Å². The van der Waals surface area contributed by atoms with E-state index in [9.17, 15) is 15.3 Å². The van der Waals surface area contributed by atoms with Gasteiger partial charge in [0, 0.05) is 6.54 Å². The number of hydrogen-bond donors (Lipinski definition) is 3. The molecule has 0 aliphatic rings. The van der Waals surface area contributed by atoms with Crippen molar-refractivity contribution in [1.82, 2.24) is 4.90 Å². The zero-order valence-electron chi connectivity index (χ0n) is 15.4. The summed E-state index contributed by atoms with van der Waals surface area (Å²) in [5, 5.41) is 30.4. The highest BCUT2D eigenvalue weighted by atomic mass is 16.3. The van der Waals surface area contributed by atoms with E-state index in [1.807, 2.05) is 0 Å². The Kier molecular flexibility index (Phi) is 10.5. The molecule has 134 valence electrons. The average molecular weight is 318 g/mol. The highest BCUT2D eigenvalue weighted by Crippen LogP contribution is 2.22. The van der Waals surface area contributed by atoms with Gasteiger partial charge in [0.1, 0.15) is 11.4 Å². The fourth-order valence-electron chi connectivity index (χ4n) is 2.93. The summed E-state index contributed by atoms with van der Waals surface area (Å²) in [6, 6.07) is 0. The minimum atomic E-state index is -1.15. The lowest BCUT2D eigenvalue weighted by Crippen LogP contribution is -2.57. The SMILES string of the molecule is CCCCCCCCCCC(O)CN(C(C)(C)O)C(C)(C)O. The maximum absolute atomic E-state index is 10.2. The van der Waals surface area contributed by atoms with Crippen molar-refractivity contribution in [2.45, 2.75) is 110 Å². The van der Waals surface area contributed by atoms with Gasteiger partial charge in [0.05, 0.1) is 6.10 Å². The molecule has 1 unspecified atom stereocenters. The molecule has 0 saturated heterocycles. The fourth-order valence-corrected chi connectivity index (χ4v) is 2.93. The third kappa shape index (κ3) is 10.5. The molecule has 0 aromatic carbocycles. The number of aliphatic hydroxyl groups excluding tert-OH is 1. The van der Waals surface area contributed by atoms with Crippen LogP contribution in [-0.2, 0) is 0 Å². The molecule has 0 bridgehead atoms. The first kappa shape index (κ1) is 21.8. The number of rotatable bonds is 13. The smallest absolute Gasteiger partial charge is 0.115 e. The minimum Gasteiger partial charge on any atom is -0.392 e. The lowest BCUT2D eigenvalue weighted by Gasteiger charge is -2.43. The molecule has 0 rings (SSSR count). The Morgan fingerprint density at radius 3 is 1.59 bits per heavy atom. The normalized spacial score (nSPS) is 14.6. The van der Waals surface area contributed by atoms with Gasteiger partial charge >= 0.3 is 0 Å². The van der Waals surface area contributed by atoms with Gasteiger partial charge in [-0.25, -0.2) is 4.90 Å². The van der Waals surface area contributed by atoms with Crippen molar-refractivity contribution in [3.63, 3.8) is 0 Å². The van der Waals surface area contributed by atoms with Crippen molar-refractivity contribution >= 4 is 0 Å². The van der Waals surface area contributed by atoms with Crippen molar-refractivity contribution in [2.75, 3.05) is 6.54 Å². The number of aliphatic hydroxyl groups is 3. The first-order valence-corrected chi connectivity index (χ1v) is 8.99. The highest BCUT2D eigenvalue weighted by molar-refractivity contribution is 4.80. The number of unbranched alkanes of at least 4 members (excludes halogenated alkanes) is 7. The number of hydrogen-bond acceptors (Lipinski definition) is 4. The quantitative estimate of drug-likeness (QED) is 0.358. The Labute approximate surface area is 137 Å². The molecule has 3 N–H and O–H groups in total. The van der Waals surface area contributed by atoms with Crippen LogP contribution in [0.25, 0.3) is 0 Å². The van der Waals surface area contributed by atoms with Gasteiger partial charge in [0.2, 0.25) is 0 Å². The molecule has 0 aliphatic heterocycles. The standard InChI is InChI=1S/C18H39NO3/c1-6-7-8-9-10-11-12-13-14-16(20)15-19(17(2,3)21)18(4,5)22/h16,20-22H,6-15H2,1-5H3. The second-order valence-corrected chi connectivity index (χ2v) is 7.52. The molecule has 0 heterocycles. The predicted octanol–water partition coefficient (Wildman–Crippen LogP) is 3.64. The van der Waals surface area contributed by atoms with E-state index in [0.29, 0.717) is 0 Å². The molecule has 0 saturated carbocycles. The van der Waals surface area contributed by atoms with E-state index in [1.165, 1.54) is 43.4 Å². The third-order valence-electron chi connectivity index (χ3n) is 4.11. The van der Waals surface area contributed by atoms with E-state index in [4.69, 9.17) is 0 Å². The summed E-state index contributed by atoms with van der Waals surface area (Å²) in [6.45, 7) is 9.04. The van der Waals surface area contributed by atoms with Crippen molar-refractivity contribution in [2.24, 2.45) is 0 Å². The molecule has 1 atom stereocenters. The maximum Gasteiger partial charge on any atom is 0.115 e. The summed E-state index contributed by atoms with van der Waals surface area (Å²) in [6.07, 6.45) is 10.2. The summed E-state index contributed by atoms with van der Waals surface area (Å²) in [4.78, 5) is 1.54. The Hall–Kier alpha value is -0.160. The van der Waals surface area contributed by atoms with Crippen LogP contribution in [0.5, 0.6) is 0 Å². The molecular weight excluding hydrogens is 278 g/mol. The van der Waals surface area contributed by atoms with E-state index >= 15 is 0 Å². The summed E-state index contributed by atoms with van der Waals surface area (Å²) in [5.74, 6) is 0.